The molecule has 0 unspecified atom stereocenters. The normalized spacial score (nSPS) is 12.9. The molecule has 16 heavy (non-hydrogen) atoms. The molecule has 2 N–H and O–H groups in total. The number of carbonyl (C=O) groups excluding carboxylic acids is 1. The molecule has 1 aromatic heterocycles. The predicted molar refractivity (Wildman–Crippen MR) is 60.4 cm³/mol. The monoisotopic (exact) mass is 219 g/mol. The van der Waals surface area contributed by atoms with E-state index in [2.05, 4.69) is 0 Å². The number of aromatic nitrogens is 1. The van der Waals surface area contributed by atoms with Crippen LogP contribution in [-0.4, -0.2) is 33.8 Å². The highest BCUT2D eigenvalue weighted by molar-refractivity contribution is 5.97. The molecule has 0 aliphatic rings. The quantitative estimate of drug-likeness (QED) is 0.748. The van der Waals surface area contributed by atoms with Gasteiger partial charge in [0.1, 0.15) is 0 Å². The lowest BCUT2D eigenvalue weighted by Crippen LogP contribution is -2.19. The second-order valence-electron chi connectivity index (χ2n) is 3.71. The van der Waals surface area contributed by atoms with Gasteiger partial charge in [0.25, 0.3) is 0 Å². The molecule has 0 amide bonds. The fourth-order valence-corrected chi connectivity index (χ4v) is 1.80. The lowest BCUT2D eigenvalue weighted by Gasteiger charge is -2.09. The molecule has 0 bridgehead atoms. The summed E-state index contributed by atoms with van der Waals surface area (Å²) < 4.78 is 1.78. The second kappa shape index (κ2) is 4.47. The molecule has 84 valence electrons. The SMILES string of the molecule is O=Cc1cn(C[C@@H](O)CO)c2ccccc12. The van der Waals surface area contributed by atoms with Crippen LogP contribution in [0.5, 0.6) is 0 Å². The van der Waals surface area contributed by atoms with Crippen molar-refractivity contribution in [3.05, 3.63) is 36.0 Å². The molecule has 4 heteroatoms. The van der Waals surface area contributed by atoms with Gasteiger partial charge in [0.05, 0.1) is 19.3 Å². The number of benzene rings is 1. The van der Waals surface area contributed by atoms with Crippen LogP contribution in [0.2, 0.25) is 0 Å². The van der Waals surface area contributed by atoms with E-state index in [0.29, 0.717) is 5.56 Å². The number of rotatable bonds is 4. The van der Waals surface area contributed by atoms with Crippen molar-refractivity contribution in [1.82, 2.24) is 4.57 Å². The van der Waals surface area contributed by atoms with Gasteiger partial charge in [0.15, 0.2) is 6.29 Å². The Kier molecular flexibility index (Phi) is 3.03. The first-order chi connectivity index (χ1) is 7.76. The van der Waals surface area contributed by atoms with E-state index >= 15 is 0 Å². The highest BCUT2D eigenvalue weighted by Crippen LogP contribution is 2.20. The average Bonchev–Trinajstić information content (AvgIpc) is 2.68. The van der Waals surface area contributed by atoms with Crippen LogP contribution in [0, 0.1) is 0 Å². The molecule has 0 aliphatic carbocycles. The molecule has 0 spiro atoms. The molecule has 4 nitrogen and oxygen atoms in total. The van der Waals surface area contributed by atoms with Crippen molar-refractivity contribution in [1.29, 1.82) is 0 Å². The Balaban J connectivity index is 2.49. The fourth-order valence-electron chi connectivity index (χ4n) is 1.80. The highest BCUT2D eigenvalue weighted by atomic mass is 16.3. The number of hydrogen-bond donors (Lipinski definition) is 2. The van der Waals surface area contributed by atoms with Gasteiger partial charge in [-0.25, -0.2) is 0 Å². The topological polar surface area (TPSA) is 62.5 Å². The number of aliphatic hydroxyl groups is 2. The van der Waals surface area contributed by atoms with Crippen LogP contribution in [0.25, 0.3) is 10.9 Å². The third-order valence-corrected chi connectivity index (χ3v) is 2.56. The Hall–Kier alpha value is -1.65. The number of para-hydroxylation sites is 1. The smallest absolute Gasteiger partial charge is 0.152 e. The highest BCUT2D eigenvalue weighted by Gasteiger charge is 2.10. The van der Waals surface area contributed by atoms with E-state index in [0.717, 1.165) is 17.2 Å². The second-order valence-corrected chi connectivity index (χ2v) is 3.71. The Bertz CT molecular complexity index is 504. The summed E-state index contributed by atoms with van der Waals surface area (Å²) in [5.41, 5.74) is 1.48. The number of hydrogen-bond acceptors (Lipinski definition) is 3. The van der Waals surface area contributed by atoms with Crippen molar-refractivity contribution in [3.63, 3.8) is 0 Å². The zero-order chi connectivity index (χ0) is 11.5. The zero-order valence-corrected chi connectivity index (χ0v) is 8.71. The van der Waals surface area contributed by atoms with Gasteiger partial charge in [-0.2, -0.15) is 0 Å². The van der Waals surface area contributed by atoms with Crippen LogP contribution in [-0.2, 0) is 6.54 Å². The maximum atomic E-state index is 10.9. The van der Waals surface area contributed by atoms with Crippen molar-refractivity contribution in [2.45, 2.75) is 12.6 Å². The molecule has 0 aliphatic heterocycles. The molecule has 0 saturated carbocycles. The largest absolute Gasteiger partial charge is 0.394 e. The maximum absolute atomic E-state index is 10.9. The molecular weight excluding hydrogens is 206 g/mol. The van der Waals surface area contributed by atoms with Gasteiger partial charge in [-0.15, -0.1) is 0 Å². The van der Waals surface area contributed by atoms with Crippen LogP contribution in [0.3, 0.4) is 0 Å². The first-order valence-electron chi connectivity index (χ1n) is 5.08. The van der Waals surface area contributed by atoms with Crippen molar-refractivity contribution < 1.29 is 15.0 Å². The number of fused-ring (bicyclic) bond motifs is 1. The maximum Gasteiger partial charge on any atom is 0.152 e. The molecule has 1 atom stereocenters. The van der Waals surface area contributed by atoms with E-state index in [9.17, 15) is 9.90 Å². The van der Waals surface area contributed by atoms with Gasteiger partial charge in [-0.3, -0.25) is 4.79 Å². The van der Waals surface area contributed by atoms with E-state index in [-0.39, 0.29) is 13.2 Å². The van der Waals surface area contributed by atoms with Gasteiger partial charge in [0.2, 0.25) is 0 Å². The van der Waals surface area contributed by atoms with E-state index in [1.807, 2.05) is 24.3 Å². The number of aliphatic hydroxyl groups excluding tert-OH is 2. The van der Waals surface area contributed by atoms with E-state index in [4.69, 9.17) is 5.11 Å². The molecule has 2 aromatic rings. The van der Waals surface area contributed by atoms with Gasteiger partial charge in [-0.1, -0.05) is 18.2 Å². The third-order valence-electron chi connectivity index (χ3n) is 2.56. The van der Waals surface area contributed by atoms with Crippen LogP contribution in [0.1, 0.15) is 10.4 Å². The van der Waals surface area contributed by atoms with Crippen LogP contribution >= 0.6 is 0 Å². The predicted octanol–water partition coefficient (Wildman–Crippen LogP) is 0.807. The van der Waals surface area contributed by atoms with Crippen LogP contribution in [0.4, 0.5) is 0 Å². The minimum Gasteiger partial charge on any atom is -0.394 e. The molecule has 2 rings (SSSR count). The first-order valence-corrected chi connectivity index (χ1v) is 5.08. The van der Waals surface area contributed by atoms with Crippen LogP contribution in [0.15, 0.2) is 30.5 Å². The van der Waals surface area contributed by atoms with Gasteiger partial charge in [-0.05, 0) is 6.07 Å². The minimum atomic E-state index is -0.810. The van der Waals surface area contributed by atoms with Crippen molar-refractivity contribution in [2.24, 2.45) is 0 Å². The summed E-state index contributed by atoms with van der Waals surface area (Å²) >= 11 is 0. The number of carbonyl (C=O) groups is 1. The molecule has 0 fully saturated rings. The summed E-state index contributed by atoms with van der Waals surface area (Å²) in [7, 11) is 0. The summed E-state index contributed by atoms with van der Waals surface area (Å²) in [6, 6.07) is 7.48. The van der Waals surface area contributed by atoms with E-state index in [1.165, 1.54) is 0 Å². The third kappa shape index (κ3) is 1.85. The minimum absolute atomic E-state index is 0.283. The van der Waals surface area contributed by atoms with E-state index in [1.54, 1.807) is 10.8 Å². The molecule has 1 aromatic carbocycles. The number of nitrogens with zero attached hydrogens (tertiary/aromatic N) is 1. The molecular formula is C12H13NO3. The van der Waals surface area contributed by atoms with Crippen molar-refractivity contribution in [3.8, 4) is 0 Å². The summed E-state index contributed by atoms with van der Waals surface area (Å²) in [6.45, 7) is -0.00617. The molecule has 1 heterocycles. The Morgan fingerprint density at radius 2 is 2.12 bits per heavy atom. The number of aldehydes is 1. The molecule has 0 radical (unpaired) electrons. The summed E-state index contributed by atoms with van der Waals surface area (Å²) in [6.07, 6.45) is 1.68. The Labute approximate surface area is 92.7 Å². The average molecular weight is 219 g/mol. The lowest BCUT2D eigenvalue weighted by molar-refractivity contribution is 0.0821. The Morgan fingerprint density at radius 3 is 2.81 bits per heavy atom. The first kappa shape index (κ1) is 10.9. The van der Waals surface area contributed by atoms with Gasteiger partial charge < -0.3 is 14.8 Å². The fraction of sp³-hybridized carbons (Fsp3) is 0.250. The summed E-state index contributed by atoms with van der Waals surface area (Å²) in [4.78, 5) is 10.9. The molecule has 0 saturated heterocycles. The van der Waals surface area contributed by atoms with Crippen molar-refractivity contribution >= 4 is 17.2 Å². The van der Waals surface area contributed by atoms with Gasteiger partial charge >= 0.3 is 0 Å². The standard InChI is InChI=1S/C12H13NO3/c14-7-9-5-13(6-10(16)8-15)12-4-2-1-3-11(9)12/h1-5,7,10,15-16H,6,8H2/t10-/m1/s1. The Morgan fingerprint density at radius 1 is 1.38 bits per heavy atom. The van der Waals surface area contributed by atoms with Crippen molar-refractivity contribution in [2.75, 3.05) is 6.61 Å². The van der Waals surface area contributed by atoms with Gasteiger partial charge in [0, 0.05) is 22.7 Å². The van der Waals surface area contributed by atoms with E-state index < -0.39 is 6.10 Å². The summed E-state index contributed by atoms with van der Waals surface area (Å²) in [5.74, 6) is 0. The zero-order valence-electron chi connectivity index (χ0n) is 8.71. The van der Waals surface area contributed by atoms with Crippen LogP contribution < -0.4 is 0 Å². The lowest BCUT2D eigenvalue weighted by atomic mass is 10.2. The summed E-state index contributed by atoms with van der Waals surface area (Å²) in [5, 5.41) is 19.1.